The third-order valence-corrected chi connectivity index (χ3v) is 2.63. The van der Waals surface area contributed by atoms with E-state index in [4.69, 9.17) is 6.42 Å². The lowest BCUT2D eigenvalue weighted by molar-refractivity contribution is 0.454. The van der Waals surface area contributed by atoms with Crippen LogP contribution in [-0.2, 0) is 0 Å². The third kappa shape index (κ3) is 1.94. The zero-order valence-electron chi connectivity index (χ0n) is 8.16. The van der Waals surface area contributed by atoms with Crippen molar-refractivity contribution in [2.75, 3.05) is 13.1 Å². The number of nitrogens with zero attached hydrogens (tertiary/aromatic N) is 1. The van der Waals surface area contributed by atoms with Gasteiger partial charge in [0.15, 0.2) is 0 Å². The summed E-state index contributed by atoms with van der Waals surface area (Å²) in [6.45, 7) is 2.16. The Kier molecular flexibility index (Phi) is 2.81. The number of rotatable bonds is 1. The molecule has 2 rings (SSSR count). The van der Waals surface area contributed by atoms with Gasteiger partial charge in [-0.1, -0.05) is 12.0 Å². The van der Waals surface area contributed by atoms with Crippen LogP contribution in [0.2, 0.25) is 0 Å². The first kappa shape index (κ1) is 9.23. The van der Waals surface area contributed by atoms with Crippen LogP contribution in [0.1, 0.15) is 30.1 Å². The van der Waals surface area contributed by atoms with Gasteiger partial charge in [0.2, 0.25) is 0 Å². The fraction of sp³-hybridized carbons (Fsp3) is 0.417. The largest absolute Gasteiger partial charge is 0.316 e. The van der Waals surface area contributed by atoms with Crippen molar-refractivity contribution in [2.24, 2.45) is 0 Å². The Morgan fingerprint density at radius 2 is 2.43 bits per heavy atom. The predicted molar refractivity (Wildman–Crippen MR) is 57.0 cm³/mol. The smallest absolute Gasteiger partial charge is 0.113 e. The third-order valence-electron chi connectivity index (χ3n) is 2.63. The second-order valence-corrected chi connectivity index (χ2v) is 3.64. The molecule has 1 N–H and O–H groups in total. The summed E-state index contributed by atoms with van der Waals surface area (Å²) in [7, 11) is 0. The number of terminal acetylenes is 1. The molecule has 1 aliphatic heterocycles. The van der Waals surface area contributed by atoms with E-state index in [0.29, 0.717) is 5.92 Å². The van der Waals surface area contributed by atoms with E-state index < -0.39 is 0 Å². The van der Waals surface area contributed by atoms with E-state index in [-0.39, 0.29) is 0 Å². The van der Waals surface area contributed by atoms with Crippen LogP contribution >= 0.6 is 0 Å². The van der Waals surface area contributed by atoms with E-state index in [2.05, 4.69) is 22.3 Å². The van der Waals surface area contributed by atoms with Gasteiger partial charge in [0, 0.05) is 18.2 Å². The van der Waals surface area contributed by atoms with Crippen LogP contribution in [-0.4, -0.2) is 18.1 Å². The Morgan fingerprint density at radius 3 is 3.14 bits per heavy atom. The van der Waals surface area contributed by atoms with Crippen molar-refractivity contribution in [2.45, 2.75) is 18.8 Å². The highest BCUT2D eigenvalue weighted by Gasteiger charge is 2.15. The molecular weight excluding hydrogens is 172 g/mol. The lowest BCUT2D eigenvalue weighted by Gasteiger charge is -2.22. The summed E-state index contributed by atoms with van der Waals surface area (Å²) in [6.07, 6.45) is 7.77. The normalized spacial score (nSPS) is 21.5. The number of pyridine rings is 1. The lowest BCUT2D eigenvalue weighted by Crippen LogP contribution is -2.28. The van der Waals surface area contributed by atoms with Crippen LogP contribution in [0.3, 0.4) is 0 Å². The number of hydrogen-bond donors (Lipinski definition) is 1. The summed E-state index contributed by atoms with van der Waals surface area (Å²) in [4.78, 5) is 4.44. The molecule has 2 nitrogen and oxygen atoms in total. The van der Waals surface area contributed by atoms with Gasteiger partial charge in [-0.3, -0.25) is 0 Å². The Bertz CT molecular complexity index is 346. The molecule has 1 unspecified atom stereocenters. The van der Waals surface area contributed by atoms with Crippen LogP contribution in [0.15, 0.2) is 18.2 Å². The second-order valence-electron chi connectivity index (χ2n) is 3.64. The topological polar surface area (TPSA) is 24.9 Å². The molecule has 0 aliphatic carbocycles. The van der Waals surface area contributed by atoms with E-state index >= 15 is 0 Å². The van der Waals surface area contributed by atoms with Gasteiger partial charge in [0.05, 0.1) is 0 Å². The minimum atomic E-state index is 0.539. The fourth-order valence-corrected chi connectivity index (χ4v) is 1.86. The molecule has 0 bridgehead atoms. The van der Waals surface area contributed by atoms with Gasteiger partial charge in [0.1, 0.15) is 5.69 Å². The summed E-state index contributed by atoms with van der Waals surface area (Å²) < 4.78 is 0. The Balaban J connectivity index is 2.18. The Hall–Kier alpha value is -1.33. The Labute approximate surface area is 84.7 Å². The fourth-order valence-electron chi connectivity index (χ4n) is 1.86. The standard InChI is InChI=1S/C12H14N2/c1-2-11-6-3-7-12(14-11)10-5-4-8-13-9-10/h1,3,6-7,10,13H,4-5,8-9H2. The van der Waals surface area contributed by atoms with E-state index in [1.807, 2.05) is 12.1 Å². The summed E-state index contributed by atoms with van der Waals surface area (Å²) >= 11 is 0. The van der Waals surface area contributed by atoms with Crippen molar-refractivity contribution in [3.8, 4) is 12.3 Å². The molecule has 1 saturated heterocycles. The highest BCUT2D eigenvalue weighted by atomic mass is 14.9. The van der Waals surface area contributed by atoms with Crippen molar-refractivity contribution < 1.29 is 0 Å². The van der Waals surface area contributed by atoms with E-state index in [1.54, 1.807) is 0 Å². The van der Waals surface area contributed by atoms with Crippen molar-refractivity contribution in [1.82, 2.24) is 10.3 Å². The maximum atomic E-state index is 5.32. The Morgan fingerprint density at radius 1 is 1.50 bits per heavy atom. The maximum Gasteiger partial charge on any atom is 0.113 e. The molecule has 72 valence electrons. The van der Waals surface area contributed by atoms with Gasteiger partial charge in [-0.25, -0.2) is 4.98 Å². The number of hydrogen-bond acceptors (Lipinski definition) is 2. The summed E-state index contributed by atoms with van der Waals surface area (Å²) in [5.74, 6) is 3.11. The molecule has 0 radical (unpaired) electrons. The van der Waals surface area contributed by atoms with E-state index in [0.717, 1.165) is 24.5 Å². The average molecular weight is 186 g/mol. The minimum absolute atomic E-state index is 0.539. The first-order chi connectivity index (χ1) is 6.90. The molecule has 2 heterocycles. The van der Waals surface area contributed by atoms with Gasteiger partial charge in [-0.05, 0) is 31.5 Å². The molecule has 0 amide bonds. The van der Waals surface area contributed by atoms with E-state index in [1.165, 1.54) is 12.8 Å². The minimum Gasteiger partial charge on any atom is -0.316 e. The van der Waals surface area contributed by atoms with Crippen molar-refractivity contribution in [1.29, 1.82) is 0 Å². The molecule has 1 aliphatic rings. The molecule has 1 aromatic heterocycles. The molecule has 2 heteroatoms. The van der Waals surface area contributed by atoms with Crippen molar-refractivity contribution in [3.63, 3.8) is 0 Å². The highest BCUT2D eigenvalue weighted by Crippen LogP contribution is 2.21. The number of piperidine rings is 1. The van der Waals surface area contributed by atoms with Crippen molar-refractivity contribution in [3.05, 3.63) is 29.6 Å². The molecule has 0 aromatic carbocycles. The molecular formula is C12H14N2. The van der Waals surface area contributed by atoms with Gasteiger partial charge >= 0.3 is 0 Å². The van der Waals surface area contributed by atoms with Crippen LogP contribution in [0.4, 0.5) is 0 Å². The first-order valence-electron chi connectivity index (χ1n) is 5.04. The average Bonchev–Trinajstić information content (AvgIpc) is 2.30. The molecule has 1 atom stereocenters. The van der Waals surface area contributed by atoms with E-state index in [9.17, 15) is 0 Å². The van der Waals surface area contributed by atoms with Gasteiger partial charge in [-0.15, -0.1) is 6.42 Å². The zero-order chi connectivity index (χ0) is 9.80. The first-order valence-corrected chi connectivity index (χ1v) is 5.04. The summed E-state index contributed by atoms with van der Waals surface area (Å²) in [5, 5.41) is 3.38. The molecule has 1 fully saturated rings. The second kappa shape index (κ2) is 4.26. The number of nitrogens with one attached hydrogen (secondary N) is 1. The summed E-state index contributed by atoms with van der Waals surface area (Å²) in [6, 6.07) is 5.93. The summed E-state index contributed by atoms with van der Waals surface area (Å²) in [5.41, 5.74) is 1.88. The molecule has 0 spiro atoms. The monoisotopic (exact) mass is 186 g/mol. The van der Waals surface area contributed by atoms with Gasteiger partial charge < -0.3 is 5.32 Å². The number of aromatic nitrogens is 1. The van der Waals surface area contributed by atoms with Gasteiger partial charge in [0.25, 0.3) is 0 Å². The highest BCUT2D eigenvalue weighted by molar-refractivity contribution is 5.27. The van der Waals surface area contributed by atoms with Crippen LogP contribution in [0.5, 0.6) is 0 Å². The van der Waals surface area contributed by atoms with Crippen LogP contribution in [0, 0.1) is 12.3 Å². The lowest BCUT2D eigenvalue weighted by atomic mass is 9.95. The SMILES string of the molecule is C#Cc1cccc(C2CCCNC2)n1. The van der Waals surface area contributed by atoms with Crippen LogP contribution in [0.25, 0.3) is 0 Å². The van der Waals surface area contributed by atoms with Crippen LogP contribution < -0.4 is 5.32 Å². The predicted octanol–water partition coefficient (Wildman–Crippen LogP) is 1.53. The van der Waals surface area contributed by atoms with Gasteiger partial charge in [-0.2, -0.15) is 0 Å². The maximum absolute atomic E-state index is 5.32. The quantitative estimate of drug-likeness (QED) is 0.673. The zero-order valence-corrected chi connectivity index (χ0v) is 8.16. The molecule has 1 aromatic rings. The molecule has 0 saturated carbocycles. The molecule has 14 heavy (non-hydrogen) atoms. The van der Waals surface area contributed by atoms with Crippen molar-refractivity contribution >= 4 is 0 Å².